The first-order valence-corrected chi connectivity index (χ1v) is 22.5. The first-order chi connectivity index (χ1) is 42.8. The van der Waals surface area contributed by atoms with Gasteiger partial charge < -0.3 is 4.74 Å². The largest absolute Gasteiger partial charge is 0.458 e. The fourth-order valence-corrected chi connectivity index (χ4v) is 9.11. The van der Waals surface area contributed by atoms with E-state index in [1.165, 1.54) is 22.8 Å². The van der Waals surface area contributed by atoms with Gasteiger partial charge in [-0.1, -0.05) is 172 Å². The molecule has 0 spiro atoms. The van der Waals surface area contributed by atoms with E-state index in [4.69, 9.17) is 33.0 Å². The summed E-state index contributed by atoms with van der Waals surface area (Å²) in [5.41, 5.74) is -10.2. The fourth-order valence-electron chi connectivity index (χ4n) is 9.11. The predicted molar refractivity (Wildman–Crippen MR) is 286 cm³/mol. The number of benzene rings is 7. The van der Waals surface area contributed by atoms with Crippen LogP contribution in [0.4, 0.5) is 0 Å². The summed E-state index contributed by atoms with van der Waals surface area (Å²) in [6.45, 7) is -5.35. The van der Waals surface area contributed by atoms with Gasteiger partial charge in [-0.25, -0.2) is 4.98 Å². The van der Waals surface area contributed by atoms with Gasteiger partial charge in [0, 0.05) is 45.0 Å². The van der Waals surface area contributed by atoms with Gasteiger partial charge in [-0.3, -0.25) is 13.7 Å². The number of hydrogen-bond acceptors (Lipinski definition) is 2. The van der Waals surface area contributed by atoms with Gasteiger partial charge in [0.1, 0.15) is 17.3 Å². The molecule has 1 aliphatic carbocycles. The molecule has 7 aromatic carbocycles. The van der Waals surface area contributed by atoms with Crippen LogP contribution in [-0.4, -0.2) is 14.1 Å². The molecule has 0 N–H and O–H groups in total. The SMILES string of the molecule is [2H]c1c([2H])c([2H])c(-c2ccc3c(c2)n(-c2cccc(Oc4ccc5c6ccccc6n(-c6cc(C(C)(C)C)ccn6)c5c4)c2)[c-][n+]3-c2c(-c3c([2H])c([2H])c4c(c3[2H])C(C([2H])([2H])[2H])(C([2H])([2H])[2H])C([2H])([2H])C([2H])([2H])C4(C([2H])([2H])[2H])C([2H])([2H])[2H])cccc2C(C)(C)C)c([2H])c1[2H]. The maximum absolute atomic E-state index is 10.2. The Balaban J connectivity index is 1.21. The van der Waals surface area contributed by atoms with Crippen molar-refractivity contribution < 1.29 is 42.2 Å². The van der Waals surface area contributed by atoms with E-state index in [2.05, 4.69) is 37.7 Å². The molecule has 5 heteroatoms. The minimum Gasteiger partial charge on any atom is -0.458 e. The van der Waals surface area contributed by atoms with E-state index in [0.29, 0.717) is 28.6 Å². The summed E-state index contributed by atoms with van der Waals surface area (Å²) < 4.78 is 229. The van der Waals surface area contributed by atoms with Crippen LogP contribution >= 0.6 is 0 Å². The number of imidazole rings is 1. The monoisotopic (exact) mass is 927 g/mol. The molecular formula is C64H62N4O. The molecule has 0 unspecified atom stereocenters. The molecule has 1 aliphatic rings. The summed E-state index contributed by atoms with van der Waals surface area (Å²) in [4.78, 5) is 4.81. The first kappa shape index (κ1) is 24.9. The molecule has 0 amide bonds. The third kappa shape index (κ3) is 7.82. The maximum Gasteiger partial charge on any atom is 0.269 e. The van der Waals surface area contributed by atoms with Gasteiger partial charge in [-0.05, 0) is 134 Å². The van der Waals surface area contributed by atoms with Crippen molar-refractivity contribution in [3.63, 3.8) is 0 Å². The number of ether oxygens (including phenoxy) is 1. The average molecular weight is 927 g/mol. The van der Waals surface area contributed by atoms with Crippen molar-refractivity contribution in [2.45, 2.75) is 103 Å². The second-order valence-electron chi connectivity index (χ2n) is 19.5. The summed E-state index contributed by atoms with van der Waals surface area (Å²) in [6.07, 6.45) is -3.93. The fraction of sp³-hybridized carbons (Fsp3) is 0.250. The Morgan fingerprint density at radius 2 is 1.41 bits per heavy atom. The highest BCUT2D eigenvalue weighted by Crippen LogP contribution is 2.48. The Morgan fingerprint density at radius 3 is 2.19 bits per heavy atom. The van der Waals surface area contributed by atoms with Crippen molar-refractivity contribution in [2.24, 2.45) is 0 Å². The number of nitrogens with zero attached hydrogens (tertiary/aromatic N) is 4. The molecule has 3 aromatic heterocycles. The van der Waals surface area contributed by atoms with Crippen LogP contribution in [0.5, 0.6) is 11.5 Å². The minimum absolute atomic E-state index is 0.00436. The third-order valence-electron chi connectivity index (χ3n) is 12.6. The number of aromatic nitrogens is 4. The van der Waals surface area contributed by atoms with Gasteiger partial charge in [0.15, 0.2) is 0 Å². The molecular weight excluding hydrogens is 841 g/mol. The number of rotatable bonds is 7. The molecule has 0 saturated carbocycles. The standard InChI is InChI=1S/C64H62N4O/c1-61(2,3)45-32-35-65-59(38-45)68-55-25-15-14-22-50(55)51-29-28-48(40-57(51)68)69-47-21-16-20-46(39-47)66-41-67(56-31-27-43(37-58(56)66)42-18-12-11-13-19-42)60-49(23-17-24-53(60)62(4,5)6)44-26-30-52-54(36-44)64(9,10)34-33-63(52,7)8/h11-32,35-40H,33-34H2,1-10H3/i7D3,8D3,9D3,10D3,11D,12D,13D,18D,19D,26D,30D,33D2,34D2,36D. The molecule has 344 valence electrons. The van der Waals surface area contributed by atoms with Crippen LogP contribution in [-0.2, 0) is 21.7 Å². The Kier molecular flexibility index (Phi) is 5.84. The van der Waals surface area contributed by atoms with Crippen LogP contribution in [0.25, 0.3) is 72.3 Å². The molecule has 5 nitrogen and oxygen atoms in total. The van der Waals surface area contributed by atoms with E-state index in [0.717, 1.165) is 27.4 Å². The molecule has 0 saturated heterocycles. The second kappa shape index (κ2) is 16.2. The average Bonchev–Trinajstić information content (AvgIpc) is 1.12. The lowest BCUT2D eigenvalue weighted by Crippen LogP contribution is -2.35. The van der Waals surface area contributed by atoms with E-state index in [1.54, 1.807) is 74.0 Å². The molecule has 3 heterocycles. The third-order valence-corrected chi connectivity index (χ3v) is 12.6. The minimum atomic E-state index is -4.56. The number of fused-ring (bicyclic) bond motifs is 5. The summed E-state index contributed by atoms with van der Waals surface area (Å²) in [6, 6.07) is 26.6. The lowest BCUT2D eigenvalue weighted by Gasteiger charge is -2.42. The van der Waals surface area contributed by atoms with Crippen molar-refractivity contribution in [3.8, 4) is 50.9 Å². The molecule has 11 rings (SSSR count). The van der Waals surface area contributed by atoms with E-state index < -0.39 is 121 Å². The normalized spacial score (nSPS) is 21.9. The topological polar surface area (TPSA) is 35.9 Å². The summed E-state index contributed by atoms with van der Waals surface area (Å²) in [7, 11) is 0. The van der Waals surface area contributed by atoms with Crippen LogP contribution < -0.4 is 9.30 Å². The Morgan fingerprint density at radius 1 is 0.652 bits per heavy atom. The lowest BCUT2D eigenvalue weighted by molar-refractivity contribution is -0.572. The quantitative estimate of drug-likeness (QED) is 0.118. The van der Waals surface area contributed by atoms with Crippen molar-refractivity contribution >= 4 is 32.8 Å². The Hall–Kier alpha value is -7.24. The number of pyridine rings is 1. The van der Waals surface area contributed by atoms with Gasteiger partial charge in [0.25, 0.3) is 6.33 Å². The van der Waals surface area contributed by atoms with E-state index >= 15 is 0 Å². The van der Waals surface area contributed by atoms with Gasteiger partial charge in [0.2, 0.25) is 0 Å². The molecule has 0 fully saturated rings. The van der Waals surface area contributed by atoms with Gasteiger partial charge in [-0.2, -0.15) is 0 Å². The molecule has 69 heavy (non-hydrogen) atoms. The van der Waals surface area contributed by atoms with Gasteiger partial charge in [-0.15, -0.1) is 0 Å². The smallest absolute Gasteiger partial charge is 0.269 e. The zero-order valence-electron chi connectivity index (χ0n) is 62.7. The number of para-hydroxylation sites is 2. The lowest BCUT2D eigenvalue weighted by atomic mass is 9.63. The molecule has 0 atom stereocenters. The predicted octanol–water partition coefficient (Wildman–Crippen LogP) is 16.3. The summed E-state index contributed by atoms with van der Waals surface area (Å²) in [5.74, 6) is 1.42. The molecule has 10 aromatic rings. The molecule has 0 bridgehead atoms. The Bertz CT molecular complexity index is 4690. The highest BCUT2D eigenvalue weighted by molar-refractivity contribution is 6.09. The van der Waals surface area contributed by atoms with E-state index in [1.807, 2.05) is 48.5 Å². The highest BCUT2D eigenvalue weighted by atomic mass is 16.5. The summed E-state index contributed by atoms with van der Waals surface area (Å²) in [5, 5.41) is 1.91. The maximum atomic E-state index is 10.2. The highest BCUT2D eigenvalue weighted by Gasteiger charge is 2.37. The van der Waals surface area contributed by atoms with Crippen molar-refractivity contribution in [1.29, 1.82) is 0 Å². The van der Waals surface area contributed by atoms with E-state index in [9.17, 15) is 9.60 Å². The van der Waals surface area contributed by atoms with Crippen molar-refractivity contribution in [3.05, 3.63) is 198 Å². The van der Waals surface area contributed by atoms with Crippen LogP contribution in [0.3, 0.4) is 0 Å². The zero-order chi connectivity index (χ0) is 68.6. The van der Waals surface area contributed by atoms with Crippen LogP contribution in [0, 0.1) is 6.33 Å². The van der Waals surface area contributed by atoms with Gasteiger partial charge >= 0.3 is 0 Å². The van der Waals surface area contributed by atoms with Crippen molar-refractivity contribution in [2.75, 3.05) is 0 Å². The van der Waals surface area contributed by atoms with Crippen LogP contribution in [0.1, 0.15) is 137 Å². The van der Waals surface area contributed by atoms with E-state index in [-0.39, 0.29) is 38.8 Å². The first-order valence-electron chi connectivity index (χ1n) is 34.5. The summed E-state index contributed by atoms with van der Waals surface area (Å²) >= 11 is 0. The van der Waals surface area contributed by atoms with Crippen LogP contribution in [0.15, 0.2) is 170 Å². The molecule has 0 radical (unpaired) electrons. The van der Waals surface area contributed by atoms with Gasteiger partial charge in [0.05, 0.1) is 44.4 Å². The Labute approximate surface area is 441 Å². The second-order valence-corrected chi connectivity index (χ2v) is 19.5. The van der Waals surface area contributed by atoms with Crippen LogP contribution in [0.2, 0.25) is 0 Å². The molecule has 0 aliphatic heterocycles. The number of hydrogen-bond donors (Lipinski definition) is 0. The van der Waals surface area contributed by atoms with Crippen molar-refractivity contribution in [1.82, 2.24) is 14.1 Å². The zero-order valence-corrected chi connectivity index (χ0v) is 38.7.